The van der Waals surface area contributed by atoms with Crippen LogP contribution in [0.5, 0.6) is 0 Å². The highest BCUT2D eigenvalue weighted by Gasteiger charge is 2.21. The Hall–Kier alpha value is -0.0400. The van der Waals surface area contributed by atoms with Crippen LogP contribution in [0.1, 0.15) is 66.2 Å². The van der Waals surface area contributed by atoms with Gasteiger partial charge in [0, 0.05) is 12.1 Å². The van der Waals surface area contributed by atoms with Crippen LogP contribution in [0.3, 0.4) is 0 Å². The van der Waals surface area contributed by atoms with Crippen molar-refractivity contribution in [1.29, 1.82) is 0 Å². The largest absolute Gasteiger partial charge is 0.311 e. The van der Waals surface area contributed by atoms with Crippen LogP contribution in [0.2, 0.25) is 0 Å². The third-order valence-electron chi connectivity index (χ3n) is 3.73. The molecule has 0 spiro atoms. The van der Waals surface area contributed by atoms with E-state index < -0.39 is 0 Å². The van der Waals surface area contributed by atoms with Crippen molar-refractivity contribution < 1.29 is 0 Å². The predicted octanol–water partition coefficient (Wildman–Crippen LogP) is 3.98. The summed E-state index contributed by atoms with van der Waals surface area (Å²) in [5.74, 6) is 1.75. The normalized spacial score (nSPS) is 23.0. The summed E-state index contributed by atoms with van der Waals surface area (Å²) in [7, 11) is 0. The summed E-state index contributed by atoms with van der Waals surface area (Å²) in [5, 5.41) is 3.78. The zero-order chi connectivity index (χ0) is 11.3. The molecule has 1 rings (SSSR count). The molecule has 1 unspecified atom stereocenters. The molecule has 2 atom stereocenters. The summed E-state index contributed by atoms with van der Waals surface area (Å²) < 4.78 is 0. The first-order valence-corrected chi connectivity index (χ1v) is 6.85. The van der Waals surface area contributed by atoms with Gasteiger partial charge in [-0.2, -0.15) is 0 Å². The average Bonchev–Trinajstić information content (AvgIpc) is 2.17. The summed E-state index contributed by atoms with van der Waals surface area (Å²) >= 11 is 0. The van der Waals surface area contributed by atoms with Gasteiger partial charge in [-0.05, 0) is 44.9 Å². The van der Waals surface area contributed by atoms with E-state index in [1.54, 1.807) is 0 Å². The van der Waals surface area contributed by atoms with Crippen molar-refractivity contribution in [3.63, 3.8) is 0 Å². The Balaban J connectivity index is 2.23. The molecule has 0 aromatic carbocycles. The molecule has 1 N–H and O–H groups in total. The van der Waals surface area contributed by atoms with E-state index in [4.69, 9.17) is 0 Å². The van der Waals surface area contributed by atoms with E-state index in [0.717, 1.165) is 17.9 Å². The van der Waals surface area contributed by atoms with Gasteiger partial charge >= 0.3 is 0 Å². The van der Waals surface area contributed by atoms with Crippen molar-refractivity contribution in [2.45, 2.75) is 78.3 Å². The first-order valence-electron chi connectivity index (χ1n) is 6.85. The minimum Gasteiger partial charge on any atom is -0.311 e. The lowest BCUT2D eigenvalue weighted by Gasteiger charge is -2.31. The molecular weight excluding hydrogens is 182 g/mol. The Bertz CT molecular complexity index is 159. The second-order valence-corrected chi connectivity index (χ2v) is 5.88. The SMILES string of the molecule is CC(C)CC(C)N[C@H](C)C1CCCCC1. The third kappa shape index (κ3) is 5.01. The molecule has 0 aliphatic heterocycles. The average molecular weight is 211 g/mol. The van der Waals surface area contributed by atoms with Gasteiger partial charge in [-0.3, -0.25) is 0 Å². The van der Waals surface area contributed by atoms with Crippen molar-refractivity contribution in [3.05, 3.63) is 0 Å². The van der Waals surface area contributed by atoms with Gasteiger partial charge in [0.2, 0.25) is 0 Å². The fourth-order valence-electron chi connectivity index (χ4n) is 2.99. The Labute approximate surface area is 96.0 Å². The van der Waals surface area contributed by atoms with Crippen molar-refractivity contribution in [2.24, 2.45) is 11.8 Å². The molecule has 0 heterocycles. The summed E-state index contributed by atoms with van der Waals surface area (Å²) in [6, 6.07) is 1.40. The van der Waals surface area contributed by atoms with E-state index in [1.807, 2.05) is 0 Å². The maximum Gasteiger partial charge on any atom is 0.00694 e. The number of rotatable bonds is 5. The standard InChI is InChI=1S/C14H29N/c1-11(2)10-12(3)15-13(4)14-8-6-5-7-9-14/h11-15H,5-10H2,1-4H3/t12?,13-/m1/s1. The molecule has 1 fully saturated rings. The van der Waals surface area contributed by atoms with Gasteiger partial charge in [0.25, 0.3) is 0 Å². The minimum atomic E-state index is 0.682. The third-order valence-corrected chi connectivity index (χ3v) is 3.73. The van der Waals surface area contributed by atoms with Crippen molar-refractivity contribution >= 4 is 0 Å². The monoisotopic (exact) mass is 211 g/mol. The lowest BCUT2D eigenvalue weighted by molar-refractivity contribution is 0.258. The maximum atomic E-state index is 3.78. The van der Waals surface area contributed by atoms with Gasteiger partial charge in [-0.15, -0.1) is 0 Å². The van der Waals surface area contributed by atoms with Gasteiger partial charge in [0.05, 0.1) is 0 Å². The molecule has 90 valence electrons. The van der Waals surface area contributed by atoms with Gasteiger partial charge < -0.3 is 5.32 Å². The van der Waals surface area contributed by atoms with Crippen LogP contribution in [-0.2, 0) is 0 Å². The Kier molecular flexibility index (Phi) is 5.66. The van der Waals surface area contributed by atoms with Crippen LogP contribution in [0.25, 0.3) is 0 Å². The lowest BCUT2D eigenvalue weighted by Crippen LogP contribution is -2.40. The summed E-state index contributed by atoms with van der Waals surface area (Å²) in [4.78, 5) is 0. The van der Waals surface area contributed by atoms with E-state index in [-0.39, 0.29) is 0 Å². The van der Waals surface area contributed by atoms with Crippen molar-refractivity contribution in [2.75, 3.05) is 0 Å². The highest BCUT2D eigenvalue weighted by molar-refractivity contribution is 4.78. The summed E-state index contributed by atoms with van der Waals surface area (Å²) in [6.07, 6.45) is 8.57. The molecule has 0 aromatic rings. The molecule has 1 heteroatoms. The maximum absolute atomic E-state index is 3.78. The van der Waals surface area contributed by atoms with Gasteiger partial charge in [0.15, 0.2) is 0 Å². The van der Waals surface area contributed by atoms with Crippen molar-refractivity contribution in [1.82, 2.24) is 5.32 Å². The molecule has 15 heavy (non-hydrogen) atoms. The molecule has 1 aliphatic rings. The quantitative estimate of drug-likeness (QED) is 0.725. The van der Waals surface area contributed by atoms with E-state index in [2.05, 4.69) is 33.0 Å². The summed E-state index contributed by atoms with van der Waals surface area (Å²) in [5.41, 5.74) is 0. The molecule has 0 radical (unpaired) electrons. The molecular formula is C14H29N. The molecule has 0 amide bonds. The van der Waals surface area contributed by atoms with Crippen LogP contribution in [-0.4, -0.2) is 12.1 Å². The Morgan fingerprint density at radius 2 is 1.60 bits per heavy atom. The van der Waals surface area contributed by atoms with E-state index in [0.29, 0.717) is 6.04 Å². The number of hydrogen-bond acceptors (Lipinski definition) is 1. The van der Waals surface area contributed by atoms with Crippen LogP contribution in [0, 0.1) is 11.8 Å². The topological polar surface area (TPSA) is 12.0 Å². The second kappa shape index (κ2) is 6.52. The van der Waals surface area contributed by atoms with Crippen LogP contribution in [0.15, 0.2) is 0 Å². The molecule has 0 bridgehead atoms. The van der Waals surface area contributed by atoms with Gasteiger partial charge in [0.1, 0.15) is 0 Å². The Morgan fingerprint density at radius 1 is 1.00 bits per heavy atom. The van der Waals surface area contributed by atoms with E-state index in [1.165, 1.54) is 38.5 Å². The number of hydrogen-bond donors (Lipinski definition) is 1. The van der Waals surface area contributed by atoms with E-state index >= 15 is 0 Å². The summed E-state index contributed by atoms with van der Waals surface area (Å²) in [6.45, 7) is 9.33. The molecule has 1 saturated carbocycles. The second-order valence-electron chi connectivity index (χ2n) is 5.88. The van der Waals surface area contributed by atoms with Crippen LogP contribution in [0.4, 0.5) is 0 Å². The smallest absolute Gasteiger partial charge is 0.00694 e. The fourth-order valence-corrected chi connectivity index (χ4v) is 2.99. The zero-order valence-electron chi connectivity index (χ0n) is 11.1. The van der Waals surface area contributed by atoms with Crippen molar-refractivity contribution in [3.8, 4) is 0 Å². The van der Waals surface area contributed by atoms with Crippen LogP contribution < -0.4 is 5.32 Å². The molecule has 1 aliphatic carbocycles. The fraction of sp³-hybridized carbons (Fsp3) is 1.00. The molecule has 0 saturated heterocycles. The highest BCUT2D eigenvalue weighted by Crippen LogP contribution is 2.26. The zero-order valence-corrected chi connectivity index (χ0v) is 11.1. The lowest BCUT2D eigenvalue weighted by atomic mass is 9.84. The Morgan fingerprint density at radius 3 is 2.13 bits per heavy atom. The van der Waals surface area contributed by atoms with Crippen LogP contribution >= 0.6 is 0 Å². The van der Waals surface area contributed by atoms with Gasteiger partial charge in [-0.1, -0.05) is 33.1 Å². The van der Waals surface area contributed by atoms with Gasteiger partial charge in [-0.25, -0.2) is 0 Å². The number of nitrogens with one attached hydrogen (secondary N) is 1. The minimum absolute atomic E-state index is 0.682. The molecule has 0 aromatic heterocycles. The first-order chi connectivity index (χ1) is 7.09. The predicted molar refractivity (Wildman–Crippen MR) is 68.1 cm³/mol. The molecule has 1 nitrogen and oxygen atoms in total. The van der Waals surface area contributed by atoms with E-state index in [9.17, 15) is 0 Å². The first kappa shape index (κ1) is 13.0. The highest BCUT2D eigenvalue weighted by atomic mass is 14.9.